The van der Waals surface area contributed by atoms with E-state index in [4.69, 9.17) is 0 Å². The Morgan fingerprint density at radius 3 is 2.56 bits per heavy atom. The smallest absolute Gasteiger partial charge is 0.244 e. The number of pyridine rings is 1. The molecule has 5 heterocycles. The number of piperazine rings is 1. The molecule has 2 fully saturated rings. The Hall–Kier alpha value is -2.04. The van der Waals surface area contributed by atoms with Crippen molar-refractivity contribution in [3.05, 3.63) is 30.0 Å². The maximum atomic E-state index is 13.0. The van der Waals surface area contributed by atoms with Crippen molar-refractivity contribution in [1.82, 2.24) is 29.0 Å². The van der Waals surface area contributed by atoms with E-state index in [1.807, 2.05) is 13.1 Å². The molecule has 10 heteroatoms. The second-order valence-corrected chi connectivity index (χ2v) is 11.2. The van der Waals surface area contributed by atoms with Crippen molar-refractivity contribution in [3.63, 3.8) is 0 Å². The van der Waals surface area contributed by atoms with E-state index in [2.05, 4.69) is 29.5 Å². The van der Waals surface area contributed by atoms with Crippen molar-refractivity contribution >= 4 is 15.8 Å². The van der Waals surface area contributed by atoms with Gasteiger partial charge in [0.05, 0.1) is 0 Å². The van der Waals surface area contributed by atoms with Crippen LogP contribution >= 0.6 is 0 Å². The number of likely N-dealkylation sites (N-methyl/N-ethyl adjacent to an activating group) is 1. The summed E-state index contributed by atoms with van der Waals surface area (Å²) in [6.07, 6.45) is 8.36. The van der Waals surface area contributed by atoms with Gasteiger partial charge in [0.15, 0.2) is 0 Å². The molecule has 0 N–H and O–H groups in total. The zero-order chi connectivity index (χ0) is 22.1. The summed E-state index contributed by atoms with van der Waals surface area (Å²) in [5.74, 6) is 3.41. The van der Waals surface area contributed by atoms with Gasteiger partial charge in [-0.05, 0) is 44.9 Å². The molecule has 0 saturated carbocycles. The summed E-state index contributed by atoms with van der Waals surface area (Å²) in [7, 11) is -1.47. The lowest BCUT2D eigenvalue weighted by atomic mass is 9.97. The molecule has 5 rings (SSSR count). The summed E-state index contributed by atoms with van der Waals surface area (Å²) in [4.78, 5) is 9.25. The van der Waals surface area contributed by atoms with E-state index in [0.29, 0.717) is 19.0 Å². The zero-order valence-electron chi connectivity index (χ0n) is 18.9. The second-order valence-electron chi connectivity index (χ2n) is 9.28. The molecule has 0 bridgehead atoms. The maximum Gasteiger partial charge on any atom is 0.244 e. The van der Waals surface area contributed by atoms with E-state index in [9.17, 15) is 8.42 Å². The first-order valence-corrected chi connectivity index (χ1v) is 13.3. The van der Waals surface area contributed by atoms with Gasteiger partial charge in [0.25, 0.3) is 0 Å². The number of aromatic nitrogens is 4. The monoisotopic (exact) mass is 459 g/mol. The van der Waals surface area contributed by atoms with Gasteiger partial charge in [-0.1, -0.05) is 6.42 Å². The number of anilines is 1. The maximum absolute atomic E-state index is 13.0. The number of hydrogen-bond acceptors (Lipinski definition) is 7. The number of hydrogen-bond donors (Lipinski definition) is 0. The minimum Gasteiger partial charge on any atom is -0.356 e. The summed E-state index contributed by atoms with van der Waals surface area (Å²) in [6.45, 7) is 5.35. The number of fused-ring (bicyclic) bond motifs is 1. The highest BCUT2D eigenvalue weighted by Gasteiger charge is 2.30. The van der Waals surface area contributed by atoms with E-state index in [1.54, 1.807) is 10.4 Å². The summed E-state index contributed by atoms with van der Waals surface area (Å²) in [5.41, 5.74) is 0. The highest BCUT2D eigenvalue weighted by molar-refractivity contribution is 7.89. The zero-order valence-corrected chi connectivity index (χ0v) is 19.7. The van der Waals surface area contributed by atoms with Crippen LogP contribution in [0.15, 0.2) is 23.2 Å². The fourth-order valence-electron chi connectivity index (χ4n) is 5.10. The molecule has 32 heavy (non-hydrogen) atoms. The van der Waals surface area contributed by atoms with E-state index < -0.39 is 10.0 Å². The molecule has 174 valence electrons. The summed E-state index contributed by atoms with van der Waals surface area (Å²) in [5, 5.41) is 9.05. The highest BCUT2D eigenvalue weighted by atomic mass is 32.2. The lowest BCUT2D eigenvalue weighted by Crippen LogP contribution is -2.47. The molecule has 0 spiro atoms. The normalized spacial score (nSPS) is 23.7. The molecule has 1 atom stereocenters. The quantitative estimate of drug-likeness (QED) is 0.688. The molecule has 3 aliphatic rings. The minimum absolute atomic E-state index is 0.280. The standard InChI is InChI=1S/C22H33N7O2S/c1-26-12-14-28(15-13-26)32(30,31)19-8-9-20(23-16-19)27-10-5-6-18(17-27)22-25-24-21-7-3-2-4-11-29(21)22/h8-9,16,18H,2-7,10-15,17H2,1H3. The van der Waals surface area contributed by atoms with Gasteiger partial charge in [-0.3, -0.25) is 0 Å². The van der Waals surface area contributed by atoms with Crippen LogP contribution in [0.4, 0.5) is 5.82 Å². The number of aryl methyl sites for hydroxylation is 1. The third-order valence-electron chi connectivity index (χ3n) is 7.07. The Morgan fingerprint density at radius 2 is 1.78 bits per heavy atom. The molecule has 0 aromatic carbocycles. The SMILES string of the molecule is CN1CCN(S(=O)(=O)c2ccc(N3CCCC(c4nnc5n4CCCCC5)C3)nc2)CC1. The first-order valence-electron chi connectivity index (χ1n) is 11.8. The Bertz CT molecular complexity index is 1030. The van der Waals surface area contributed by atoms with Crippen LogP contribution in [0.25, 0.3) is 0 Å². The molecular formula is C22H33N7O2S. The van der Waals surface area contributed by atoms with Crippen LogP contribution < -0.4 is 4.90 Å². The number of sulfonamides is 1. The second kappa shape index (κ2) is 9.07. The Kier molecular flexibility index (Phi) is 6.18. The Balaban J connectivity index is 1.30. The van der Waals surface area contributed by atoms with Crippen LogP contribution in [0.1, 0.15) is 49.7 Å². The topological polar surface area (TPSA) is 87.5 Å². The first-order chi connectivity index (χ1) is 15.5. The molecule has 0 radical (unpaired) electrons. The number of rotatable bonds is 4. The molecule has 3 aliphatic heterocycles. The van der Waals surface area contributed by atoms with Crippen LogP contribution in [-0.4, -0.2) is 83.7 Å². The number of piperidine rings is 1. The summed E-state index contributed by atoms with van der Waals surface area (Å²) in [6, 6.07) is 3.57. The third kappa shape index (κ3) is 4.27. The van der Waals surface area contributed by atoms with Crippen molar-refractivity contribution in [1.29, 1.82) is 0 Å². The van der Waals surface area contributed by atoms with Crippen LogP contribution in [-0.2, 0) is 23.0 Å². The van der Waals surface area contributed by atoms with E-state index in [0.717, 1.165) is 69.5 Å². The van der Waals surface area contributed by atoms with Crippen molar-refractivity contribution in [2.45, 2.75) is 55.9 Å². The molecule has 2 aromatic heterocycles. The van der Waals surface area contributed by atoms with Crippen LogP contribution in [0.2, 0.25) is 0 Å². The first kappa shape index (κ1) is 21.8. The predicted octanol–water partition coefficient (Wildman–Crippen LogP) is 1.72. The van der Waals surface area contributed by atoms with Gasteiger partial charge in [0.1, 0.15) is 22.4 Å². The molecule has 2 aromatic rings. The average molecular weight is 460 g/mol. The van der Waals surface area contributed by atoms with Crippen molar-refractivity contribution in [2.75, 3.05) is 51.2 Å². The van der Waals surface area contributed by atoms with Gasteiger partial charge >= 0.3 is 0 Å². The molecule has 9 nitrogen and oxygen atoms in total. The molecule has 1 unspecified atom stereocenters. The van der Waals surface area contributed by atoms with Gasteiger partial charge in [-0.2, -0.15) is 4.31 Å². The van der Waals surface area contributed by atoms with Crippen molar-refractivity contribution in [2.24, 2.45) is 0 Å². The third-order valence-corrected chi connectivity index (χ3v) is 8.95. The highest BCUT2D eigenvalue weighted by Crippen LogP contribution is 2.30. The van der Waals surface area contributed by atoms with Gasteiger partial charge in [0.2, 0.25) is 10.0 Å². The van der Waals surface area contributed by atoms with E-state index in [1.165, 1.54) is 25.5 Å². The largest absolute Gasteiger partial charge is 0.356 e. The predicted molar refractivity (Wildman–Crippen MR) is 122 cm³/mol. The average Bonchev–Trinajstić information content (AvgIpc) is 3.08. The van der Waals surface area contributed by atoms with Gasteiger partial charge in [-0.25, -0.2) is 13.4 Å². The lowest BCUT2D eigenvalue weighted by molar-refractivity contribution is 0.222. The molecule has 2 saturated heterocycles. The fraction of sp³-hybridized carbons (Fsp3) is 0.682. The lowest BCUT2D eigenvalue weighted by Gasteiger charge is -2.33. The summed E-state index contributed by atoms with van der Waals surface area (Å²) < 4.78 is 29.9. The minimum atomic E-state index is -3.49. The van der Waals surface area contributed by atoms with Crippen LogP contribution in [0.5, 0.6) is 0 Å². The molecular weight excluding hydrogens is 426 g/mol. The van der Waals surface area contributed by atoms with Crippen LogP contribution in [0.3, 0.4) is 0 Å². The van der Waals surface area contributed by atoms with E-state index >= 15 is 0 Å². The van der Waals surface area contributed by atoms with Gasteiger partial charge in [-0.15, -0.1) is 10.2 Å². The Morgan fingerprint density at radius 1 is 0.938 bits per heavy atom. The summed E-state index contributed by atoms with van der Waals surface area (Å²) >= 11 is 0. The van der Waals surface area contributed by atoms with E-state index in [-0.39, 0.29) is 4.90 Å². The van der Waals surface area contributed by atoms with Gasteiger partial charge in [0, 0.05) is 64.3 Å². The molecule has 0 aliphatic carbocycles. The number of nitrogens with zero attached hydrogens (tertiary/aromatic N) is 7. The van der Waals surface area contributed by atoms with Crippen LogP contribution in [0, 0.1) is 0 Å². The van der Waals surface area contributed by atoms with Crippen molar-refractivity contribution in [3.8, 4) is 0 Å². The van der Waals surface area contributed by atoms with Gasteiger partial charge < -0.3 is 14.4 Å². The van der Waals surface area contributed by atoms with Crippen molar-refractivity contribution < 1.29 is 8.42 Å². The Labute approximate surface area is 190 Å². The molecule has 0 amide bonds. The fourth-order valence-corrected chi connectivity index (χ4v) is 6.46.